The van der Waals surface area contributed by atoms with Crippen molar-refractivity contribution in [3.63, 3.8) is 0 Å². The molecule has 0 fully saturated rings. The van der Waals surface area contributed by atoms with Gasteiger partial charge in [0.25, 0.3) is 0 Å². The second-order valence-electron chi connectivity index (χ2n) is 5.73. The second-order valence-corrected chi connectivity index (χ2v) is 6.98. The van der Waals surface area contributed by atoms with Crippen LogP contribution < -0.4 is 0 Å². The van der Waals surface area contributed by atoms with Crippen LogP contribution in [0.15, 0.2) is 6.07 Å². The Morgan fingerprint density at radius 1 is 1.35 bits per heavy atom. The highest BCUT2D eigenvalue weighted by Gasteiger charge is 2.40. The number of aryl methyl sites for hydroxylation is 1. The normalized spacial score (nSPS) is 16.4. The summed E-state index contributed by atoms with van der Waals surface area (Å²) in [6, 6.07) is 2.31. The van der Waals surface area contributed by atoms with Crippen LogP contribution in [0.5, 0.6) is 0 Å². The van der Waals surface area contributed by atoms with Crippen LogP contribution in [0.4, 0.5) is 0 Å². The first-order chi connectivity index (χ1) is 7.91. The molecular weight excluding hydrogens is 228 g/mol. The summed E-state index contributed by atoms with van der Waals surface area (Å²) < 4.78 is 0. The first-order valence-electron chi connectivity index (χ1n) is 6.13. The van der Waals surface area contributed by atoms with Crippen molar-refractivity contribution in [3.05, 3.63) is 28.0 Å². The summed E-state index contributed by atoms with van der Waals surface area (Å²) in [5, 5.41) is 0. The summed E-state index contributed by atoms with van der Waals surface area (Å²) in [5.74, 6) is 1.57. The number of H-pyrrole nitrogens is 1. The van der Waals surface area contributed by atoms with E-state index in [1.807, 2.05) is 11.3 Å². The highest BCUT2D eigenvalue weighted by molar-refractivity contribution is 7.15. The molecule has 1 N–H and O–H groups in total. The molecule has 0 amide bonds. The van der Waals surface area contributed by atoms with Crippen LogP contribution in [0, 0.1) is 6.92 Å². The number of hydrogen-bond donors (Lipinski definition) is 1. The summed E-state index contributed by atoms with van der Waals surface area (Å²) in [4.78, 5) is 11.1. The molecule has 90 valence electrons. The first-order valence-corrected chi connectivity index (χ1v) is 6.94. The predicted octanol–water partition coefficient (Wildman–Crippen LogP) is 4.21. The molecule has 0 saturated heterocycles. The van der Waals surface area contributed by atoms with Crippen molar-refractivity contribution in [1.29, 1.82) is 0 Å². The Kier molecular flexibility index (Phi) is 2.09. The van der Waals surface area contributed by atoms with E-state index in [1.54, 1.807) is 0 Å². The maximum Gasteiger partial charge on any atom is 0.109 e. The molecule has 0 aromatic carbocycles. The van der Waals surface area contributed by atoms with Gasteiger partial charge in [-0.2, -0.15) is 0 Å². The Bertz CT molecular complexity index is 587. The lowest BCUT2D eigenvalue weighted by Gasteiger charge is -2.18. The lowest BCUT2D eigenvalue weighted by molar-refractivity contribution is 0.633. The van der Waals surface area contributed by atoms with Crippen LogP contribution >= 0.6 is 11.3 Å². The fourth-order valence-electron chi connectivity index (χ4n) is 2.57. The zero-order valence-corrected chi connectivity index (χ0v) is 11.8. The Labute approximate surface area is 106 Å². The van der Waals surface area contributed by atoms with Gasteiger partial charge in [-0.05, 0) is 18.6 Å². The molecule has 2 heterocycles. The average Bonchev–Trinajstić information content (AvgIpc) is 2.83. The Hall–Kier alpha value is -1.09. The SMILES string of the molecule is Cc1cc2c(s1)-c1nc(C(C)C)[nH]c1C2(C)C. The maximum absolute atomic E-state index is 4.80. The third-order valence-electron chi connectivity index (χ3n) is 3.64. The van der Waals surface area contributed by atoms with Gasteiger partial charge < -0.3 is 4.98 Å². The fourth-order valence-corrected chi connectivity index (χ4v) is 3.74. The molecule has 2 aromatic heterocycles. The van der Waals surface area contributed by atoms with E-state index in [-0.39, 0.29) is 5.41 Å². The monoisotopic (exact) mass is 246 g/mol. The highest BCUT2D eigenvalue weighted by atomic mass is 32.1. The molecule has 0 aliphatic heterocycles. The lowest BCUT2D eigenvalue weighted by atomic mass is 9.87. The minimum Gasteiger partial charge on any atom is -0.344 e. The number of aromatic amines is 1. The van der Waals surface area contributed by atoms with E-state index in [0.29, 0.717) is 5.92 Å². The molecule has 0 atom stereocenters. The molecule has 0 radical (unpaired) electrons. The van der Waals surface area contributed by atoms with Gasteiger partial charge in [0.05, 0.1) is 10.6 Å². The number of fused-ring (bicyclic) bond motifs is 3. The zero-order valence-electron chi connectivity index (χ0n) is 11.0. The lowest BCUT2D eigenvalue weighted by Crippen LogP contribution is -2.15. The predicted molar refractivity (Wildman–Crippen MR) is 72.9 cm³/mol. The summed E-state index contributed by atoms with van der Waals surface area (Å²) in [7, 11) is 0. The standard InChI is InChI=1S/C14H18N2S/c1-7(2)13-15-10-11-9(6-8(3)17-11)14(4,5)12(10)16-13/h6-7H,1-5H3,(H,15,16). The fraction of sp³-hybridized carbons (Fsp3) is 0.500. The van der Waals surface area contributed by atoms with E-state index in [0.717, 1.165) is 5.82 Å². The first kappa shape index (κ1) is 11.0. The largest absolute Gasteiger partial charge is 0.344 e. The smallest absolute Gasteiger partial charge is 0.109 e. The van der Waals surface area contributed by atoms with Gasteiger partial charge in [-0.1, -0.05) is 27.7 Å². The van der Waals surface area contributed by atoms with E-state index in [1.165, 1.54) is 26.7 Å². The van der Waals surface area contributed by atoms with Gasteiger partial charge in [-0.25, -0.2) is 4.98 Å². The van der Waals surface area contributed by atoms with Crippen molar-refractivity contribution < 1.29 is 0 Å². The molecule has 17 heavy (non-hydrogen) atoms. The Balaban J connectivity index is 2.27. The Morgan fingerprint density at radius 2 is 2.06 bits per heavy atom. The average molecular weight is 246 g/mol. The molecular formula is C14H18N2S. The van der Waals surface area contributed by atoms with Gasteiger partial charge in [-0.3, -0.25) is 0 Å². The second kappa shape index (κ2) is 3.22. The summed E-state index contributed by atoms with van der Waals surface area (Å²) in [5.41, 5.74) is 3.99. The maximum atomic E-state index is 4.80. The molecule has 1 aliphatic rings. The number of imidazole rings is 1. The number of nitrogens with one attached hydrogen (secondary N) is 1. The van der Waals surface area contributed by atoms with E-state index in [2.05, 4.69) is 45.7 Å². The van der Waals surface area contributed by atoms with Crippen LogP contribution in [-0.4, -0.2) is 9.97 Å². The van der Waals surface area contributed by atoms with Crippen molar-refractivity contribution in [2.45, 2.75) is 46.0 Å². The van der Waals surface area contributed by atoms with E-state index < -0.39 is 0 Å². The topological polar surface area (TPSA) is 28.7 Å². The molecule has 0 bridgehead atoms. The zero-order chi connectivity index (χ0) is 12.4. The van der Waals surface area contributed by atoms with E-state index in [9.17, 15) is 0 Å². The number of thiophene rings is 1. The van der Waals surface area contributed by atoms with Crippen molar-refractivity contribution in [2.75, 3.05) is 0 Å². The molecule has 0 unspecified atom stereocenters. The molecule has 0 spiro atoms. The minimum atomic E-state index is 0.0789. The molecule has 1 aliphatic carbocycles. The molecule has 0 saturated carbocycles. The Morgan fingerprint density at radius 3 is 2.71 bits per heavy atom. The highest BCUT2D eigenvalue weighted by Crippen LogP contribution is 2.51. The van der Waals surface area contributed by atoms with Crippen LogP contribution in [0.3, 0.4) is 0 Å². The van der Waals surface area contributed by atoms with Crippen molar-refractivity contribution in [3.8, 4) is 10.6 Å². The van der Waals surface area contributed by atoms with Crippen LogP contribution in [0.1, 0.15) is 55.6 Å². The number of aromatic nitrogens is 2. The number of nitrogens with zero attached hydrogens (tertiary/aromatic N) is 1. The van der Waals surface area contributed by atoms with Crippen molar-refractivity contribution >= 4 is 11.3 Å². The van der Waals surface area contributed by atoms with E-state index in [4.69, 9.17) is 4.98 Å². The third-order valence-corrected chi connectivity index (χ3v) is 4.69. The van der Waals surface area contributed by atoms with Crippen LogP contribution in [0.25, 0.3) is 10.6 Å². The van der Waals surface area contributed by atoms with Gasteiger partial charge in [0.2, 0.25) is 0 Å². The molecule has 3 heteroatoms. The van der Waals surface area contributed by atoms with Crippen molar-refractivity contribution in [2.24, 2.45) is 0 Å². The molecule has 3 rings (SSSR count). The summed E-state index contributed by atoms with van der Waals surface area (Å²) >= 11 is 1.86. The third kappa shape index (κ3) is 1.35. The van der Waals surface area contributed by atoms with Gasteiger partial charge >= 0.3 is 0 Å². The van der Waals surface area contributed by atoms with Gasteiger partial charge in [0.1, 0.15) is 11.5 Å². The van der Waals surface area contributed by atoms with Gasteiger partial charge in [0.15, 0.2) is 0 Å². The quantitative estimate of drug-likeness (QED) is 0.802. The number of hydrogen-bond acceptors (Lipinski definition) is 2. The van der Waals surface area contributed by atoms with Gasteiger partial charge in [0, 0.05) is 16.2 Å². The molecule has 2 nitrogen and oxygen atoms in total. The molecule has 2 aromatic rings. The number of rotatable bonds is 1. The van der Waals surface area contributed by atoms with Crippen LogP contribution in [-0.2, 0) is 5.41 Å². The summed E-state index contributed by atoms with van der Waals surface area (Å²) in [6.07, 6.45) is 0. The van der Waals surface area contributed by atoms with Crippen LogP contribution in [0.2, 0.25) is 0 Å². The van der Waals surface area contributed by atoms with E-state index >= 15 is 0 Å². The summed E-state index contributed by atoms with van der Waals surface area (Å²) in [6.45, 7) is 11.1. The van der Waals surface area contributed by atoms with Crippen molar-refractivity contribution in [1.82, 2.24) is 9.97 Å². The van der Waals surface area contributed by atoms with Gasteiger partial charge in [-0.15, -0.1) is 11.3 Å². The minimum absolute atomic E-state index is 0.0789.